The highest BCUT2D eigenvalue weighted by Crippen LogP contribution is 2.37. The first-order valence-corrected chi connectivity index (χ1v) is 2.62. The Kier molecular flexibility index (Phi) is 1.01. The summed E-state index contributed by atoms with van der Waals surface area (Å²) in [5, 5.41) is 7.72. The zero-order valence-corrected chi connectivity index (χ0v) is 4.45. The maximum absolute atomic E-state index is 12.0. The smallest absolute Gasteiger partial charge is 0.223 e. The van der Waals surface area contributed by atoms with Crippen molar-refractivity contribution in [3.63, 3.8) is 0 Å². The molecule has 0 spiro atoms. The summed E-state index contributed by atoms with van der Waals surface area (Å²) >= 11 is 5.22. The molecule has 1 aliphatic rings. The molecule has 0 bridgehead atoms. The lowest BCUT2D eigenvalue weighted by atomic mass is 9.93. The van der Waals surface area contributed by atoms with Crippen LogP contribution < -0.4 is 0 Å². The predicted molar refractivity (Wildman–Crippen MR) is 24.9 cm³/mol. The van der Waals surface area contributed by atoms with E-state index in [1.165, 1.54) is 0 Å². The molecular weight excluding hydrogens is 118 g/mol. The third-order valence-electron chi connectivity index (χ3n) is 1.23. The summed E-state index contributed by atoms with van der Waals surface area (Å²) in [6, 6.07) is 0. The lowest BCUT2D eigenvalue weighted by Crippen LogP contribution is -2.43. The van der Waals surface area contributed by atoms with Crippen molar-refractivity contribution in [1.82, 2.24) is 0 Å². The fourth-order valence-corrected chi connectivity index (χ4v) is 0.710. The van der Waals surface area contributed by atoms with Gasteiger partial charge in [0.15, 0.2) is 0 Å². The van der Waals surface area contributed by atoms with Crippen LogP contribution in [0.1, 0.15) is 12.8 Å². The summed E-state index contributed by atoms with van der Waals surface area (Å²) in [7, 11) is 0. The van der Waals surface area contributed by atoms with Gasteiger partial charge in [-0.3, -0.25) is 0 Å². The van der Waals surface area contributed by atoms with Gasteiger partial charge in [0.1, 0.15) is 0 Å². The van der Waals surface area contributed by atoms with Crippen LogP contribution in [0, 0.1) is 0 Å². The van der Waals surface area contributed by atoms with Gasteiger partial charge in [-0.05, 0) is 6.42 Å². The first kappa shape index (κ1) is 5.32. The average Bonchev–Trinajstić information content (AvgIpc) is 1.63. The normalized spacial score (nSPS) is 51.0. The minimum absolute atomic E-state index is 0.196. The predicted octanol–water partition coefficient (Wildman–Crippen LogP) is 1.05. The first-order chi connectivity index (χ1) is 3.13. The van der Waals surface area contributed by atoms with Crippen LogP contribution in [-0.4, -0.2) is 16.3 Å². The summed E-state index contributed by atoms with van der Waals surface area (Å²) in [6.45, 7) is 0. The summed E-state index contributed by atoms with van der Waals surface area (Å²) in [6.07, 6.45) is 0.787. The van der Waals surface area contributed by atoms with Crippen LogP contribution in [0.15, 0.2) is 0 Å². The molecule has 0 radical (unpaired) electrons. The maximum atomic E-state index is 12.0. The van der Waals surface area contributed by atoms with E-state index in [2.05, 4.69) is 0 Å². The van der Waals surface area contributed by atoms with E-state index in [0.29, 0.717) is 6.42 Å². The van der Waals surface area contributed by atoms with Crippen LogP contribution in [0.4, 0.5) is 4.39 Å². The van der Waals surface area contributed by atoms with E-state index in [1.807, 2.05) is 0 Å². The van der Waals surface area contributed by atoms with Crippen LogP contribution in [0.25, 0.3) is 0 Å². The number of alkyl halides is 2. The molecule has 0 saturated heterocycles. The van der Waals surface area contributed by atoms with E-state index >= 15 is 0 Å². The number of rotatable bonds is 0. The number of hydrogen-bond acceptors (Lipinski definition) is 1. The van der Waals surface area contributed by atoms with E-state index in [-0.39, 0.29) is 6.42 Å². The van der Waals surface area contributed by atoms with Crippen molar-refractivity contribution >= 4 is 11.6 Å². The average molecular weight is 125 g/mol. The van der Waals surface area contributed by atoms with Gasteiger partial charge in [0, 0.05) is 6.42 Å². The highest BCUT2D eigenvalue weighted by molar-refractivity contribution is 6.21. The van der Waals surface area contributed by atoms with Gasteiger partial charge in [-0.15, -0.1) is 11.6 Å². The van der Waals surface area contributed by atoms with E-state index in [0.717, 1.165) is 0 Å². The fourth-order valence-electron chi connectivity index (χ4n) is 0.492. The standard InChI is InChI=1S/C4H6ClFO/c5-3-1-2-4(3,6)7/h3,7H,1-2H2. The number of halogens is 2. The van der Waals surface area contributed by atoms with Crippen LogP contribution in [-0.2, 0) is 0 Å². The molecule has 1 fully saturated rings. The Balaban J connectivity index is 2.43. The maximum Gasteiger partial charge on any atom is 0.223 e. The highest BCUT2D eigenvalue weighted by Gasteiger charge is 2.44. The van der Waals surface area contributed by atoms with Crippen LogP contribution >= 0.6 is 11.6 Å². The molecule has 7 heavy (non-hydrogen) atoms. The molecule has 1 nitrogen and oxygen atoms in total. The van der Waals surface area contributed by atoms with Crippen molar-refractivity contribution in [1.29, 1.82) is 0 Å². The molecule has 3 heteroatoms. The van der Waals surface area contributed by atoms with E-state index in [1.54, 1.807) is 0 Å². The summed E-state index contributed by atoms with van der Waals surface area (Å²) in [4.78, 5) is 0. The topological polar surface area (TPSA) is 20.2 Å². The number of aliphatic hydroxyl groups is 1. The van der Waals surface area contributed by atoms with Gasteiger partial charge in [0.05, 0.1) is 5.38 Å². The third-order valence-corrected chi connectivity index (χ3v) is 1.78. The molecule has 0 amide bonds. The second-order valence-electron chi connectivity index (χ2n) is 1.82. The Morgan fingerprint density at radius 1 is 1.86 bits per heavy atom. The molecular formula is C4H6ClFO. The molecule has 0 aliphatic heterocycles. The van der Waals surface area contributed by atoms with Gasteiger partial charge >= 0.3 is 0 Å². The third kappa shape index (κ3) is 0.728. The second-order valence-corrected chi connectivity index (χ2v) is 2.35. The summed E-state index contributed by atoms with van der Waals surface area (Å²) in [5.41, 5.74) is 0. The van der Waals surface area contributed by atoms with Gasteiger partial charge in [-0.2, -0.15) is 0 Å². The Hall–Kier alpha value is 0.180. The van der Waals surface area contributed by atoms with Crippen molar-refractivity contribution in [2.75, 3.05) is 0 Å². The largest absolute Gasteiger partial charge is 0.361 e. The second kappa shape index (κ2) is 1.33. The Morgan fingerprint density at radius 2 is 2.29 bits per heavy atom. The van der Waals surface area contributed by atoms with Gasteiger partial charge < -0.3 is 5.11 Å². The Morgan fingerprint density at radius 3 is 2.29 bits per heavy atom. The van der Waals surface area contributed by atoms with E-state index in [4.69, 9.17) is 16.7 Å². The summed E-state index contributed by atoms with van der Waals surface area (Å²) < 4.78 is 12.0. The van der Waals surface area contributed by atoms with Gasteiger partial charge in [-0.1, -0.05) is 0 Å². The van der Waals surface area contributed by atoms with Gasteiger partial charge in [0.25, 0.3) is 0 Å². The van der Waals surface area contributed by atoms with Crippen LogP contribution in [0.2, 0.25) is 0 Å². The zero-order chi connectivity index (χ0) is 5.49. The minimum atomic E-state index is -2.05. The molecule has 1 aliphatic carbocycles. The Bertz CT molecular complexity index is 83.8. The van der Waals surface area contributed by atoms with Gasteiger partial charge in [-0.25, -0.2) is 4.39 Å². The van der Waals surface area contributed by atoms with E-state index < -0.39 is 11.2 Å². The SMILES string of the molecule is OC1(F)CCC1Cl. The molecule has 0 aromatic rings. The van der Waals surface area contributed by atoms with E-state index in [9.17, 15) is 4.39 Å². The molecule has 0 aromatic heterocycles. The number of hydrogen-bond donors (Lipinski definition) is 1. The zero-order valence-electron chi connectivity index (χ0n) is 3.69. The quantitative estimate of drug-likeness (QED) is 0.479. The Labute approximate surface area is 46.1 Å². The molecule has 42 valence electrons. The van der Waals surface area contributed by atoms with Crippen molar-refractivity contribution in [3.8, 4) is 0 Å². The molecule has 2 unspecified atom stereocenters. The summed E-state index contributed by atoms with van der Waals surface area (Å²) in [5.74, 6) is -2.05. The first-order valence-electron chi connectivity index (χ1n) is 2.18. The van der Waals surface area contributed by atoms with Crippen molar-refractivity contribution in [3.05, 3.63) is 0 Å². The molecule has 1 saturated carbocycles. The molecule has 2 atom stereocenters. The molecule has 0 aromatic carbocycles. The molecule has 1 N–H and O–H groups in total. The van der Waals surface area contributed by atoms with Gasteiger partial charge in [0.2, 0.25) is 5.85 Å². The fraction of sp³-hybridized carbons (Fsp3) is 1.00. The monoisotopic (exact) mass is 124 g/mol. The van der Waals surface area contributed by atoms with Crippen molar-refractivity contribution in [2.45, 2.75) is 24.1 Å². The van der Waals surface area contributed by atoms with Crippen molar-refractivity contribution in [2.24, 2.45) is 0 Å². The van der Waals surface area contributed by atoms with Crippen LogP contribution in [0.5, 0.6) is 0 Å². The highest BCUT2D eigenvalue weighted by atomic mass is 35.5. The molecule has 1 rings (SSSR count). The lowest BCUT2D eigenvalue weighted by molar-refractivity contribution is -0.142. The molecule has 0 heterocycles. The minimum Gasteiger partial charge on any atom is -0.361 e. The van der Waals surface area contributed by atoms with Crippen molar-refractivity contribution < 1.29 is 9.50 Å². The van der Waals surface area contributed by atoms with Crippen LogP contribution in [0.3, 0.4) is 0 Å². The lowest BCUT2D eigenvalue weighted by Gasteiger charge is -2.33.